The standard InChI is InChI=1S/C10H20N2O2S2/c1-7-5-9(3)15-10(11-7)12-8(2)6-16(4,13)14/h7-9H,5-6H2,1-4H3,(H,11,12). The molecule has 1 aliphatic rings. The molecular formula is C10H20N2O2S2. The zero-order valence-corrected chi connectivity index (χ0v) is 11.9. The molecule has 0 amide bonds. The Morgan fingerprint density at radius 1 is 1.56 bits per heavy atom. The van der Waals surface area contributed by atoms with Gasteiger partial charge in [0.1, 0.15) is 9.84 Å². The summed E-state index contributed by atoms with van der Waals surface area (Å²) in [5.74, 6) is 0.148. The molecule has 0 fully saturated rings. The monoisotopic (exact) mass is 264 g/mol. The van der Waals surface area contributed by atoms with E-state index in [2.05, 4.69) is 24.2 Å². The number of sulfone groups is 1. The van der Waals surface area contributed by atoms with Gasteiger partial charge >= 0.3 is 0 Å². The first-order chi connectivity index (χ1) is 7.26. The summed E-state index contributed by atoms with van der Waals surface area (Å²) < 4.78 is 22.3. The molecule has 0 saturated heterocycles. The van der Waals surface area contributed by atoms with E-state index in [1.54, 1.807) is 11.8 Å². The number of nitrogens with zero attached hydrogens (tertiary/aromatic N) is 1. The lowest BCUT2D eigenvalue weighted by Gasteiger charge is -2.25. The molecule has 4 nitrogen and oxygen atoms in total. The first kappa shape index (κ1) is 13.8. The second-order valence-electron chi connectivity index (χ2n) is 4.59. The molecule has 0 aromatic heterocycles. The fourth-order valence-corrected chi connectivity index (χ4v) is 4.04. The molecule has 1 N–H and O–H groups in total. The molecule has 94 valence electrons. The first-order valence-corrected chi connectivity index (χ1v) is 8.39. The lowest BCUT2D eigenvalue weighted by molar-refractivity contribution is 0.590. The number of amidine groups is 1. The van der Waals surface area contributed by atoms with Crippen molar-refractivity contribution in [3.63, 3.8) is 0 Å². The Bertz CT molecular complexity index is 365. The van der Waals surface area contributed by atoms with Gasteiger partial charge in [0, 0.05) is 17.5 Å². The van der Waals surface area contributed by atoms with Crippen LogP contribution in [0.25, 0.3) is 0 Å². The summed E-state index contributed by atoms with van der Waals surface area (Å²) in [6.45, 7) is 6.12. The van der Waals surface area contributed by atoms with Crippen LogP contribution in [-0.2, 0) is 9.84 Å². The Morgan fingerprint density at radius 3 is 2.69 bits per heavy atom. The average molecular weight is 264 g/mol. The maximum absolute atomic E-state index is 11.1. The minimum absolute atomic E-state index is 0.0845. The van der Waals surface area contributed by atoms with E-state index in [4.69, 9.17) is 0 Å². The molecule has 0 aromatic carbocycles. The SMILES string of the molecule is CC1CC(C)SC(NC(C)CS(C)(=O)=O)=N1. The summed E-state index contributed by atoms with van der Waals surface area (Å²) in [5, 5.41) is 4.59. The molecule has 3 atom stereocenters. The average Bonchev–Trinajstić information content (AvgIpc) is 1.96. The van der Waals surface area contributed by atoms with Crippen LogP contribution in [0.3, 0.4) is 0 Å². The highest BCUT2D eigenvalue weighted by atomic mass is 32.2. The van der Waals surface area contributed by atoms with E-state index < -0.39 is 9.84 Å². The van der Waals surface area contributed by atoms with Crippen molar-refractivity contribution < 1.29 is 8.42 Å². The van der Waals surface area contributed by atoms with Gasteiger partial charge in [0.15, 0.2) is 5.17 Å². The van der Waals surface area contributed by atoms with Crippen molar-refractivity contribution in [1.29, 1.82) is 0 Å². The molecule has 3 unspecified atom stereocenters. The molecule has 16 heavy (non-hydrogen) atoms. The minimum atomic E-state index is -2.93. The predicted octanol–water partition coefficient (Wildman–Crippen LogP) is 1.28. The molecule has 0 saturated carbocycles. The van der Waals surface area contributed by atoms with Gasteiger partial charge in [0.25, 0.3) is 0 Å². The number of thioether (sulfide) groups is 1. The highest BCUT2D eigenvalue weighted by Gasteiger charge is 2.20. The van der Waals surface area contributed by atoms with E-state index in [9.17, 15) is 8.42 Å². The summed E-state index contributed by atoms with van der Waals surface area (Å²) in [6.07, 6.45) is 2.34. The lowest BCUT2D eigenvalue weighted by Crippen LogP contribution is -2.38. The van der Waals surface area contributed by atoms with Crippen LogP contribution in [0.2, 0.25) is 0 Å². The smallest absolute Gasteiger partial charge is 0.157 e. The quantitative estimate of drug-likeness (QED) is 0.834. The van der Waals surface area contributed by atoms with E-state index in [1.165, 1.54) is 6.26 Å². The fourth-order valence-electron chi connectivity index (χ4n) is 1.78. The molecule has 0 radical (unpaired) electrons. The summed E-state index contributed by atoms with van der Waals surface area (Å²) in [4.78, 5) is 4.48. The number of hydrogen-bond donors (Lipinski definition) is 1. The minimum Gasteiger partial charge on any atom is -0.361 e. The molecular weight excluding hydrogens is 244 g/mol. The maximum Gasteiger partial charge on any atom is 0.157 e. The highest BCUT2D eigenvalue weighted by molar-refractivity contribution is 8.14. The van der Waals surface area contributed by atoms with Crippen LogP contribution < -0.4 is 5.32 Å². The Balaban J connectivity index is 2.54. The zero-order chi connectivity index (χ0) is 12.3. The lowest BCUT2D eigenvalue weighted by atomic mass is 10.2. The summed E-state index contributed by atoms with van der Waals surface area (Å²) in [7, 11) is -2.93. The van der Waals surface area contributed by atoms with Crippen LogP contribution >= 0.6 is 11.8 Å². The summed E-state index contributed by atoms with van der Waals surface area (Å²) in [5.41, 5.74) is 0. The molecule has 0 bridgehead atoms. The van der Waals surface area contributed by atoms with Crippen LogP contribution in [0.4, 0.5) is 0 Å². The molecule has 0 spiro atoms. The summed E-state index contributed by atoms with van der Waals surface area (Å²) >= 11 is 1.69. The molecule has 1 aliphatic heterocycles. The van der Waals surface area contributed by atoms with E-state index in [-0.39, 0.29) is 11.8 Å². The Labute approximate surface area is 102 Å². The number of aliphatic imine (C=N–C) groups is 1. The van der Waals surface area contributed by atoms with Gasteiger partial charge in [-0.2, -0.15) is 0 Å². The first-order valence-electron chi connectivity index (χ1n) is 5.45. The molecule has 6 heteroatoms. The van der Waals surface area contributed by atoms with Crippen molar-refractivity contribution in [2.45, 2.75) is 44.5 Å². The fraction of sp³-hybridized carbons (Fsp3) is 0.900. The third-order valence-electron chi connectivity index (χ3n) is 2.25. The largest absolute Gasteiger partial charge is 0.361 e. The van der Waals surface area contributed by atoms with Gasteiger partial charge < -0.3 is 5.32 Å². The normalized spacial score (nSPS) is 28.4. The van der Waals surface area contributed by atoms with Crippen molar-refractivity contribution in [2.24, 2.45) is 4.99 Å². The zero-order valence-electron chi connectivity index (χ0n) is 10.2. The van der Waals surface area contributed by atoms with Crippen molar-refractivity contribution in [3.8, 4) is 0 Å². The third-order valence-corrected chi connectivity index (χ3v) is 4.39. The van der Waals surface area contributed by atoms with Gasteiger partial charge in [-0.25, -0.2) is 8.42 Å². The second kappa shape index (κ2) is 5.40. The van der Waals surface area contributed by atoms with Crippen molar-refractivity contribution in [1.82, 2.24) is 5.32 Å². The van der Waals surface area contributed by atoms with Gasteiger partial charge in [-0.15, -0.1) is 0 Å². The third kappa shape index (κ3) is 5.21. The maximum atomic E-state index is 11.1. The van der Waals surface area contributed by atoms with E-state index in [0.29, 0.717) is 11.3 Å². The van der Waals surface area contributed by atoms with Crippen LogP contribution in [0.1, 0.15) is 27.2 Å². The van der Waals surface area contributed by atoms with Crippen LogP contribution in [-0.4, -0.2) is 42.9 Å². The molecule has 1 heterocycles. The van der Waals surface area contributed by atoms with E-state index in [1.807, 2.05) is 6.92 Å². The highest BCUT2D eigenvalue weighted by Crippen LogP contribution is 2.24. The Morgan fingerprint density at radius 2 is 2.19 bits per heavy atom. The Hall–Kier alpha value is -0.230. The van der Waals surface area contributed by atoms with E-state index in [0.717, 1.165) is 11.6 Å². The number of rotatable bonds is 3. The number of nitrogens with one attached hydrogen (secondary N) is 1. The van der Waals surface area contributed by atoms with Crippen LogP contribution in [0.5, 0.6) is 0 Å². The molecule has 0 aromatic rings. The van der Waals surface area contributed by atoms with Gasteiger partial charge in [-0.3, -0.25) is 4.99 Å². The molecule has 0 aliphatic carbocycles. The van der Waals surface area contributed by atoms with Gasteiger partial charge in [0.05, 0.1) is 11.8 Å². The molecule has 1 rings (SSSR count). The predicted molar refractivity (Wildman–Crippen MR) is 70.9 cm³/mol. The van der Waals surface area contributed by atoms with Crippen molar-refractivity contribution in [3.05, 3.63) is 0 Å². The van der Waals surface area contributed by atoms with Crippen molar-refractivity contribution >= 4 is 26.8 Å². The second-order valence-corrected chi connectivity index (χ2v) is 8.20. The van der Waals surface area contributed by atoms with Crippen LogP contribution in [0.15, 0.2) is 4.99 Å². The van der Waals surface area contributed by atoms with Gasteiger partial charge in [-0.05, 0) is 20.3 Å². The van der Waals surface area contributed by atoms with Gasteiger partial charge in [0.2, 0.25) is 0 Å². The summed E-state index contributed by atoms with van der Waals surface area (Å²) in [6, 6.07) is 0.239. The van der Waals surface area contributed by atoms with E-state index >= 15 is 0 Å². The number of hydrogen-bond acceptors (Lipinski definition) is 5. The van der Waals surface area contributed by atoms with Gasteiger partial charge in [-0.1, -0.05) is 18.7 Å². The van der Waals surface area contributed by atoms with Crippen LogP contribution in [0, 0.1) is 0 Å². The topological polar surface area (TPSA) is 58.5 Å². The Kier molecular flexibility index (Phi) is 4.67. The van der Waals surface area contributed by atoms with Crippen molar-refractivity contribution in [2.75, 3.05) is 12.0 Å².